The molecule has 2 N–H and O–H groups in total. The Morgan fingerprint density at radius 2 is 1.68 bits per heavy atom. The fourth-order valence-corrected chi connectivity index (χ4v) is 6.94. The molecule has 1 aromatic heterocycles. The zero-order chi connectivity index (χ0) is 29.2. The average molecular weight is 605 g/mol. The minimum absolute atomic E-state index is 0.00777. The van der Waals surface area contributed by atoms with E-state index in [9.17, 15) is 13.3 Å². The number of ether oxygens (including phenoxy) is 1. The summed E-state index contributed by atoms with van der Waals surface area (Å²) in [5, 5.41) is 7.05. The number of nitrogens with zero attached hydrogens (tertiary/aromatic N) is 4. The molecule has 0 unspecified atom stereocenters. The summed E-state index contributed by atoms with van der Waals surface area (Å²) in [6.45, 7) is 4.39. The van der Waals surface area contributed by atoms with Crippen LogP contribution in [0, 0.1) is 5.41 Å². The number of hydrogen-bond donors (Lipinski definition) is 2. The van der Waals surface area contributed by atoms with Crippen molar-refractivity contribution in [1.29, 1.82) is 0 Å². The van der Waals surface area contributed by atoms with E-state index in [0.29, 0.717) is 22.1 Å². The van der Waals surface area contributed by atoms with Crippen LogP contribution in [0.2, 0.25) is 5.02 Å². The van der Waals surface area contributed by atoms with Crippen LogP contribution in [0.5, 0.6) is 5.75 Å². The van der Waals surface area contributed by atoms with Gasteiger partial charge in [0.15, 0.2) is 11.6 Å². The number of hydrogen-bond acceptors (Lipinski definition) is 8. The number of aromatic nitrogens is 2. The Morgan fingerprint density at radius 3 is 2.37 bits per heavy atom. The van der Waals surface area contributed by atoms with Crippen LogP contribution in [0.25, 0.3) is 0 Å². The minimum Gasteiger partial charge on any atom is -0.433 e. The number of alkyl halides is 2. The summed E-state index contributed by atoms with van der Waals surface area (Å²) in [6, 6.07) is 12.5. The van der Waals surface area contributed by atoms with Gasteiger partial charge in [-0.05, 0) is 88.8 Å². The van der Waals surface area contributed by atoms with Crippen LogP contribution >= 0.6 is 18.7 Å². The Kier molecular flexibility index (Phi) is 8.73. The largest absolute Gasteiger partial charge is 0.433 e. The Bertz CT molecular complexity index is 1420. The fourth-order valence-electron chi connectivity index (χ4n) is 5.65. The van der Waals surface area contributed by atoms with Gasteiger partial charge in [-0.25, -0.2) is 4.98 Å². The van der Waals surface area contributed by atoms with Crippen molar-refractivity contribution >= 4 is 52.9 Å². The van der Waals surface area contributed by atoms with E-state index in [2.05, 4.69) is 37.4 Å². The first-order chi connectivity index (χ1) is 19.5. The predicted octanol–water partition coefficient (Wildman–Crippen LogP) is 6.78. The third kappa shape index (κ3) is 7.11. The van der Waals surface area contributed by atoms with Gasteiger partial charge in [0.1, 0.15) is 12.2 Å². The molecule has 8 nitrogen and oxygen atoms in total. The van der Waals surface area contributed by atoms with Crippen LogP contribution in [0.4, 0.5) is 37.6 Å². The molecule has 2 saturated heterocycles. The SMILES string of the molecule is CN1CCC2(CC1)CCN(c1ccc(Nc3ncc(Cl)c(Nc4ccccc4P(C)(C)=O)n3)c(OC(F)F)c1)CC2. The normalized spacial score (nSPS) is 17.6. The van der Waals surface area contributed by atoms with E-state index >= 15 is 0 Å². The van der Waals surface area contributed by atoms with Crippen molar-refractivity contribution in [2.45, 2.75) is 32.3 Å². The highest BCUT2D eigenvalue weighted by atomic mass is 35.5. The lowest BCUT2D eigenvalue weighted by molar-refractivity contribution is -0.0493. The third-order valence-corrected chi connectivity index (χ3v) is 9.97. The van der Waals surface area contributed by atoms with E-state index < -0.39 is 13.8 Å². The average Bonchev–Trinajstić information content (AvgIpc) is 2.93. The summed E-state index contributed by atoms with van der Waals surface area (Å²) in [6.07, 6.45) is 6.01. The molecule has 220 valence electrons. The Morgan fingerprint density at radius 1 is 1.00 bits per heavy atom. The number of nitrogens with one attached hydrogen (secondary N) is 2. The fraction of sp³-hybridized carbons (Fsp3) is 0.448. The van der Waals surface area contributed by atoms with E-state index in [1.165, 1.54) is 19.0 Å². The summed E-state index contributed by atoms with van der Waals surface area (Å²) in [5.74, 6) is 0.433. The van der Waals surface area contributed by atoms with Gasteiger partial charge in [0.05, 0.1) is 17.6 Å². The van der Waals surface area contributed by atoms with Gasteiger partial charge in [0.2, 0.25) is 5.95 Å². The van der Waals surface area contributed by atoms with Crippen molar-refractivity contribution in [3.05, 3.63) is 53.7 Å². The van der Waals surface area contributed by atoms with E-state index in [1.807, 2.05) is 18.2 Å². The Labute approximate surface area is 244 Å². The highest BCUT2D eigenvalue weighted by Gasteiger charge is 2.37. The molecule has 0 bridgehead atoms. The molecule has 0 aliphatic carbocycles. The number of rotatable bonds is 8. The number of para-hydroxylation sites is 1. The minimum atomic E-state index is -2.99. The molecule has 1 spiro atoms. The van der Waals surface area contributed by atoms with Crippen molar-refractivity contribution in [3.8, 4) is 5.75 Å². The summed E-state index contributed by atoms with van der Waals surface area (Å²) in [5.41, 5.74) is 2.14. The van der Waals surface area contributed by atoms with Gasteiger partial charge in [-0.3, -0.25) is 0 Å². The van der Waals surface area contributed by atoms with E-state index in [4.69, 9.17) is 16.3 Å². The maximum absolute atomic E-state index is 13.4. The van der Waals surface area contributed by atoms with Crippen molar-refractivity contribution in [3.63, 3.8) is 0 Å². The molecule has 0 radical (unpaired) electrons. The van der Waals surface area contributed by atoms with Crippen molar-refractivity contribution in [2.24, 2.45) is 5.41 Å². The molecule has 2 fully saturated rings. The van der Waals surface area contributed by atoms with Crippen molar-refractivity contribution < 1.29 is 18.1 Å². The van der Waals surface area contributed by atoms with E-state index in [0.717, 1.165) is 44.7 Å². The lowest BCUT2D eigenvalue weighted by atomic mass is 9.71. The van der Waals surface area contributed by atoms with Crippen LogP contribution in [0.1, 0.15) is 25.7 Å². The standard InChI is InChI=1S/C29H36ClF2N6O2P/c1-37-14-10-29(11-15-37)12-16-38(17-13-29)20-8-9-22(24(18-20)40-27(31)32)35-28-33-19-21(30)26(36-28)34-23-6-4-5-7-25(23)41(2,3)39/h4-9,18-19,27H,10-17H2,1-3H3,(H2,33,34,35,36). The smallest absolute Gasteiger partial charge is 0.387 e. The number of halogens is 3. The van der Waals surface area contributed by atoms with E-state index in [1.54, 1.807) is 37.6 Å². The van der Waals surface area contributed by atoms with Gasteiger partial charge < -0.3 is 29.7 Å². The second-order valence-corrected chi connectivity index (χ2v) is 14.9. The summed E-state index contributed by atoms with van der Waals surface area (Å²) < 4.78 is 44.6. The number of anilines is 5. The molecule has 0 saturated carbocycles. The lowest BCUT2D eigenvalue weighted by Crippen LogP contribution is -2.46. The molecule has 0 atom stereocenters. The van der Waals surface area contributed by atoms with Crippen LogP contribution in [-0.4, -0.2) is 68.0 Å². The quantitative estimate of drug-likeness (QED) is 0.272. The maximum atomic E-state index is 13.4. The Balaban J connectivity index is 1.34. The van der Waals surface area contributed by atoms with Crippen molar-refractivity contribution in [2.75, 3.05) is 62.1 Å². The molecule has 2 aromatic carbocycles. The molecular weight excluding hydrogens is 569 g/mol. The first kappa shape index (κ1) is 29.5. The Hall–Kier alpha value is -2.94. The number of piperidine rings is 2. The van der Waals surface area contributed by atoms with Crippen LogP contribution in [0.3, 0.4) is 0 Å². The molecular formula is C29H36ClF2N6O2P. The molecule has 2 aliphatic rings. The van der Waals surface area contributed by atoms with Gasteiger partial charge in [0, 0.05) is 30.1 Å². The molecule has 3 aromatic rings. The monoisotopic (exact) mass is 604 g/mol. The third-order valence-electron chi connectivity index (χ3n) is 8.15. The summed E-state index contributed by atoms with van der Waals surface area (Å²) in [4.78, 5) is 13.3. The zero-order valence-corrected chi connectivity index (χ0v) is 25.2. The van der Waals surface area contributed by atoms with Crippen molar-refractivity contribution in [1.82, 2.24) is 14.9 Å². The summed E-state index contributed by atoms with van der Waals surface area (Å²) >= 11 is 6.37. The highest BCUT2D eigenvalue weighted by Crippen LogP contribution is 2.43. The van der Waals surface area contributed by atoms with Gasteiger partial charge in [-0.1, -0.05) is 23.7 Å². The van der Waals surface area contributed by atoms with Crippen LogP contribution < -0.4 is 25.6 Å². The zero-order valence-electron chi connectivity index (χ0n) is 23.5. The van der Waals surface area contributed by atoms with Gasteiger partial charge in [-0.2, -0.15) is 13.8 Å². The molecule has 3 heterocycles. The first-order valence-corrected chi connectivity index (χ1v) is 16.7. The molecule has 2 aliphatic heterocycles. The molecule has 0 amide bonds. The second kappa shape index (κ2) is 12.1. The number of benzene rings is 2. The predicted molar refractivity (Wildman–Crippen MR) is 163 cm³/mol. The van der Waals surface area contributed by atoms with Gasteiger partial charge in [0.25, 0.3) is 0 Å². The lowest BCUT2D eigenvalue weighted by Gasteiger charge is -2.47. The molecule has 5 rings (SSSR count). The first-order valence-electron chi connectivity index (χ1n) is 13.7. The van der Waals surface area contributed by atoms with Crippen LogP contribution in [-0.2, 0) is 4.57 Å². The van der Waals surface area contributed by atoms with Crippen LogP contribution in [0.15, 0.2) is 48.7 Å². The highest BCUT2D eigenvalue weighted by molar-refractivity contribution is 7.70. The topological polar surface area (TPSA) is 82.6 Å². The summed E-state index contributed by atoms with van der Waals surface area (Å²) in [7, 11) is -0.411. The van der Waals surface area contributed by atoms with Gasteiger partial charge in [-0.15, -0.1) is 0 Å². The number of likely N-dealkylation sites (tertiary alicyclic amines) is 1. The molecule has 12 heteroatoms. The van der Waals surface area contributed by atoms with E-state index in [-0.39, 0.29) is 22.5 Å². The second-order valence-electron chi connectivity index (χ2n) is 11.4. The molecule has 41 heavy (non-hydrogen) atoms. The van der Waals surface area contributed by atoms with Gasteiger partial charge >= 0.3 is 6.61 Å². The maximum Gasteiger partial charge on any atom is 0.387 e.